The number of nitrogens with one attached hydrogen (secondary N) is 2. The molecule has 30 heavy (non-hydrogen) atoms. The van der Waals surface area contributed by atoms with Crippen LogP contribution in [-0.2, 0) is 0 Å². The molecule has 2 amide bonds. The molecule has 7 heteroatoms. The van der Waals surface area contributed by atoms with Gasteiger partial charge in [0.05, 0.1) is 6.21 Å². The van der Waals surface area contributed by atoms with Crippen LogP contribution in [0, 0.1) is 6.92 Å². The Balaban J connectivity index is 1.48. The van der Waals surface area contributed by atoms with Crippen LogP contribution in [0.25, 0.3) is 0 Å². The van der Waals surface area contributed by atoms with Gasteiger partial charge < -0.3 is 14.8 Å². The summed E-state index contributed by atoms with van der Waals surface area (Å²) in [7, 11) is 0. The molecule has 0 aromatic heterocycles. The third-order valence-corrected chi connectivity index (χ3v) is 5.15. The fourth-order valence-corrected chi connectivity index (χ4v) is 3.50. The van der Waals surface area contributed by atoms with E-state index >= 15 is 0 Å². The molecule has 2 aromatic rings. The summed E-state index contributed by atoms with van der Waals surface area (Å²) in [6.07, 6.45) is 7.13. The standard InChI is InChI=1S/C23H28ClN3O3/c1-17-7-10-21(11-8-17)29-13-14-30-22-12-9-19(24)15-18(22)16-25-27-23(28)26-20-5-3-2-4-6-20/h7-12,15-16,20H,2-6,13-14H2,1H3,(H2,26,27,28)/b25-16-. The molecule has 6 nitrogen and oxygen atoms in total. The highest BCUT2D eigenvalue weighted by Crippen LogP contribution is 2.22. The van der Waals surface area contributed by atoms with Gasteiger partial charge in [0.2, 0.25) is 0 Å². The monoisotopic (exact) mass is 429 g/mol. The number of carbonyl (C=O) groups excluding carboxylic acids is 1. The predicted octanol–water partition coefficient (Wildman–Crippen LogP) is 5.07. The van der Waals surface area contributed by atoms with Crippen LogP contribution < -0.4 is 20.2 Å². The van der Waals surface area contributed by atoms with Crippen LogP contribution in [0.3, 0.4) is 0 Å². The van der Waals surface area contributed by atoms with Gasteiger partial charge in [0.25, 0.3) is 0 Å². The molecule has 0 saturated heterocycles. The number of ether oxygens (including phenoxy) is 2. The van der Waals surface area contributed by atoms with Gasteiger partial charge in [-0.25, -0.2) is 10.2 Å². The summed E-state index contributed by atoms with van der Waals surface area (Å²) < 4.78 is 11.5. The Hall–Kier alpha value is -2.73. The molecule has 0 atom stereocenters. The van der Waals surface area contributed by atoms with Gasteiger partial charge in [-0.15, -0.1) is 0 Å². The molecule has 2 aromatic carbocycles. The van der Waals surface area contributed by atoms with E-state index in [4.69, 9.17) is 21.1 Å². The largest absolute Gasteiger partial charge is 0.490 e. The lowest BCUT2D eigenvalue weighted by Crippen LogP contribution is -2.41. The van der Waals surface area contributed by atoms with Crippen LogP contribution in [0.15, 0.2) is 47.6 Å². The van der Waals surface area contributed by atoms with Gasteiger partial charge in [0, 0.05) is 16.6 Å². The summed E-state index contributed by atoms with van der Waals surface area (Å²) in [5, 5.41) is 7.55. The van der Waals surface area contributed by atoms with Crippen LogP contribution in [0.2, 0.25) is 5.02 Å². The lowest BCUT2D eigenvalue weighted by Gasteiger charge is -2.22. The van der Waals surface area contributed by atoms with Crippen molar-refractivity contribution in [3.8, 4) is 11.5 Å². The van der Waals surface area contributed by atoms with Crippen molar-refractivity contribution in [2.45, 2.75) is 45.1 Å². The molecule has 3 rings (SSSR count). The second kappa shape index (κ2) is 11.5. The van der Waals surface area contributed by atoms with Crippen molar-refractivity contribution < 1.29 is 14.3 Å². The Bertz CT molecular complexity index is 849. The van der Waals surface area contributed by atoms with E-state index in [1.807, 2.05) is 31.2 Å². The van der Waals surface area contributed by atoms with E-state index in [1.165, 1.54) is 18.2 Å². The van der Waals surface area contributed by atoms with Crippen LogP contribution in [0.4, 0.5) is 4.79 Å². The molecular weight excluding hydrogens is 402 g/mol. The number of halogens is 1. The average molecular weight is 430 g/mol. The van der Waals surface area contributed by atoms with E-state index in [9.17, 15) is 4.79 Å². The van der Waals surface area contributed by atoms with E-state index in [1.54, 1.807) is 18.2 Å². The number of nitrogens with zero attached hydrogens (tertiary/aromatic N) is 1. The Morgan fingerprint density at radius 1 is 1.10 bits per heavy atom. The van der Waals surface area contributed by atoms with E-state index in [-0.39, 0.29) is 12.1 Å². The minimum Gasteiger partial charge on any atom is -0.490 e. The Morgan fingerprint density at radius 3 is 2.60 bits per heavy atom. The Labute approximate surface area is 182 Å². The second-order valence-corrected chi connectivity index (χ2v) is 7.81. The molecule has 1 saturated carbocycles. The fraction of sp³-hybridized carbons (Fsp3) is 0.391. The number of amides is 2. The van der Waals surface area contributed by atoms with Gasteiger partial charge >= 0.3 is 6.03 Å². The van der Waals surface area contributed by atoms with Gasteiger partial charge in [-0.2, -0.15) is 5.10 Å². The highest BCUT2D eigenvalue weighted by molar-refractivity contribution is 6.30. The number of hydrazone groups is 1. The van der Waals surface area contributed by atoms with Gasteiger partial charge in [-0.1, -0.05) is 48.6 Å². The number of hydrogen-bond donors (Lipinski definition) is 2. The van der Waals surface area contributed by atoms with Gasteiger partial charge in [-0.05, 0) is 50.1 Å². The molecule has 1 aliphatic carbocycles. The molecule has 0 radical (unpaired) electrons. The number of aryl methyl sites for hydroxylation is 1. The Morgan fingerprint density at radius 2 is 1.83 bits per heavy atom. The van der Waals surface area contributed by atoms with Crippen LogP contribution >= 0.6 is 11.6 Å². The summed E-state index contributed by atoms with van der Waals surface area (Å²) in [6, 6.07) is 13.1. The zero-order valence-electron chi connectivity index (χ0n) is 17.2. The topological polar surface area (TPSA) is 72.0 Å². The molecule has 160 valence electrons. The highest BCUT2D eigenvalue weighted by atomic mass is 35.5. The first-order valence-electron chi connectivity index (χ1n) is 10.3. The molecule has 0 bridgehead atoms. The minimum absolute atomic E-state index is 0.229. The maximum absolute atomic E-state index is 12.0. The zero-order chi connectivity index (χ0) is 21.2. The maximum Gasteiger partial charge on any atom is 0.335 e. The SMILES string of the molecule is Cc1ccc(OCCOc2ccc(Cl)cc2/C=N\NC(=O)NC2CCCCC2)cc1. The van der Waals surface area contributed by atoms with Crippen LogP contribution in [-0.4, -0.2) is 31.5 Å². The molecular formula is C23H28ClN3O3. The molecule has 0 aliphatic heterocycles. The first kappa shape index (κ1) is 22.0. The average Bonchev–Trinajstić information content (AvgIpc) is 2.74. The highest BCUT2D eigenvalue weighted by Gasteiger charge is 2.15. The third kappa shape index (κ3) is 7.26. The number of hydrogen-bond acceptors (Lipinski definition) is 4. The summed E-state index contributed by atoms with van der Waals surface area (Å²) >= 11 is 6.10. The van der Waals surface area contributed by atoms with Gasteiger partial charge in [0.15, 0.2) is 0 Å². The number of carbonyl (C=O) groups is 1. The van der Waals surface area contributed by atoms with E-state index < -0.39 is 0 Å². The quantitative estimate of drug-likeness (QED) is 0.349. The molecule has 1 fully saturated rings. The smallest absolute Gasteiger partial charge is 0.335 e. The maximum atomic E-state index is 12.0. The number of urea groups is 1. The second-order valence-electron chi connectivity index (χ2n) is 7.37. The van der Waals surface area contributed by atoms with Gasteiger partial charge in [-0.3, -0.25) is 0 Å². The van der Waals surface area contributed by atoms with Crippen LogP contribution in [0.1, 0.15) is 43.2 Å². The molecule has 0 spiro atoms. The summed E-state index contributed by atoms with van der Waals surface area (Å²) in [6.45, 7) is 2.81. The first-order valence-corrected chi connectivity index (χ1v) is 10.7. The number of rotatable bonds is 8. The minimum atomic E-state index is -0.297. The fourth-order valence-electron chi connectivity index (χ4n) is 3.32. The summed E-state index contributed by atoms with van der Waals surface area (Å²) in [5.41, 5.74) is 4.38. The van der Waals surface area contributed by atoms with Crippen molar-refractivity contribution in [3.05, 3.63) is 58.6 Å². The zero-order valence-corrected chi connectivity index (χ0v) is 18.0. The molecule has 2 N–H and O–H groups in total. The van der Waals surface area contributed by atoms with E-state index in [0.29, 0.717) is 29.5 Å². The lowest BCUT2D eigenvalue weighted by atomic mass is 9.96. The van der Waals surface area contributed by atoms with Gasteiger partial charge in [0.1, 0.15) is 24.7 Å². The van der Waals surface area contributed by atoms with E-state index in [2.05, 4.69) is 15.8 Å². The molecule has 1 aliphatic rings. The normalized spacial score (nSPS) is 14.5. The summed E-state index contributed by atoms with van der Waals surface area (Å²) in [4.78, 5) is 12.0. The third-order valence-electron chi connectivity index (χ3n) is 4.91. The number of benzene rings is 2. The predicted molar refractivity (Wildman–Crippen MR) is 120 cm³/mol. The molecule has 0 heterocycles. The first-order chi connectivity index (χ1) is 14.6. The van der Waals surface area contributed by atoms with Crippen molar-refractivity contribution in [2.24, 2.45) is 5.10 Å². The summed E-state index contributed by atoms with van der Waals surface area (Å²) in [5.74, 6) is 1.42. The van der Waals surface area contributed by atoms with Crippen molar-refractivity contribution >= 4 is 23.8 Å². The molecule has 0 unspecified atom stereocenters. The van der Waals surface area contributed by atoms with Crippen molar-refractivity contribution in [1.82, 2.24) is 10.7 Å². The Kier molecular flexibility index (Phi) is 8.39. The van der Waals surface area contributed by atoms with Crippen LogP contribution in [0.5, 0.6) is 11.5 Å². The lowest BCUT2D eigenvalue weighted by molar-refractivity contribution is 0.217. The van der Waals surface area contributed by atoms with Crippen molar-refractivity contribution in [3.63, 3.8) is 0 Å². The van der Waals surface area contributed by atoms with Crippen molar-refractivity contribution in [1.29, 1.82) is 0 Å². The van der Waals surface area contributed by atoms with Crippen molar-refractivity contribution in [2.75, 3.05) is 13.2 Å². The van der Waals surface area contributed by atoms with E-state index in [0.717, 1.165) is 31.4 Å².